The second-order valence-corrected chi connectivity index (χ2v) is 9.25. The molecule has 0 saturated carbocycles. The number of aromatic hydroxyl groups is 2. The first kappa shape index (κ1) is 22.0. The summed E-state index contributed by atoms with van der Waals surface area (Å²) >= 11 is 24.5. The van der Waals surface area contributed by atoms with E-state index in [4.69, 9.17) is 46.4 Å². The Morgan fingerprint density at radius 3 is 1.62 bits per heavy atom. The van der Waals surface area contributed by atoms with Gasteiger partial charge >= 0.3 is 0 Å². The Labute approximate surface area is 186 Å². The fourth-order valence-electron chi connectivity index (χ4n) is 3.14. The lowest BCUT2D eigenvalue weighted by Crippen LogP contribution is -2.38. The van der Waals surface area contributed by atoms with E-state index in [1.807, 2.05) is 0 Å². The highest BCUT2D eigenvalue weighted by molar-refractivity contribution is 7.87. The molecule has 0 aliphatic rings. The molecular weight excluding hydrogens is 482 g/mol. The second kappa shape index (κ2) is 7.87. The minimum atomic E-state index is -5.01. The third kappa shape index (κ3) is 3.65. The van der Waals surface area contributed by atoms with E-state index in [-0.39, 0.29) is 48.3 Å². The van der Waals surface area contributed by atoms with Gasteiger partial charge in [0.15, 0.2) is 4.75 Å². The number of phenols is 2. The zero-order chi connectivity index (χ0) is 21.6. The van der Waals surface area contributed by atoms with Gasteiger partial charge in [0.2, 0.25) is 0 Å². The van der Waals surface area contributed by atoms with Crippen molar-refractivity contribution in [3.05, 3.63) is 91.4 Å². The van der Waals surface area contributed by atoms with Crippen LogP contribution < -0.4 is 0 Å². The van der Waals surface area contributed by atoms with Gasteiger partial charge in [-0.15, -0.1) is 0 Å². The molecule has 0 unspecified atom stereocenters. The maximum Gasteiger partial charge on any atom is 0.283 e. The summed E-state index contributed by atoms with van der Waals surface area (Å²) in [5, 5.41) is 19.2. The SMILES string of the molecule is O=S(=O)(O)C(c1ccc(O)c(Cl)c1)(c1ccc(O)c(Cl)c1)c1cccc(Cl)c1Cl. The van der Waals surface area contributed by atoms with Gasteiger partial charge in [-0.05, 0) is 41.5 Å². The van der Waals surface area contributed by atoms with Crippen LogP contribution >= 0.6 is 46.4 Å². The Hall–Kier alpha value is -1.67. The van der Waals surface area contributed by atoms with Crippen molar-refractivity contribution >= 4 is 56.5 Å². The summed E-state index contributed by atoms with van der Waals surface area (Å²) in [6, 6.07) is 11.6. The van der Waals surface area contributed by atoms with Gasteiger partial charge in [-0.2, -0.15) is 8.42 Å². The van der Waals surface area contributed by atoms with Crippen LogP contribution in [0.2, 0.25) is 20.1 Å². The molecule has 5 nitrogen and oxygen atoms in total. The number of hydrogen-bond acceptors (Lipinski definition) is 4. The summed E-state index contributed by atoms with van der Waals surface area (Å²) in [7, 11) is -5.01. The summed E-state index contributed by atoms with van der Waals surface area (Å²) in [6.45, 7) is 0. The lowest BCUT2D eigenvalue weighted by molar-refractivity contribution is 0.456. The van der Waals surface area contributed by atoms with Crippen LogP contribution in [0, 0.1) is 0 Å². The van der Waals surface area contributed by atoms with E-state index in [1.165, 1.54) is 54.6 Å². The van der Waals surface area contributed by atoms with Gasteiger partial charge in [0.25, 0.3) is 10.1 Å². The van der Waals surface area contributed by atoms with Crippen LogP contribution in [0.15, 0.2) is 54.6 Å². The highest BCUT2D eigenvalue weighted by Gasteiger charge is 2.50. The first-order valence-corrected chi connectivity index (χ1v) is 10.8. The van der Waals surface area contributed by atoms with Crippen molar-refractivity contribution in [2.75, 3.05) is 0 Å². The molecule has 3 aromatic rings. The normalized spacial score (nSPS) is 12.2. The van der Waals surface area contributed by atoms with Crippen LogP contribution in [0.25, 0.3) is 0 Å². The number of phenolic OH excluding ortho intramolecular Hbond substituents is 2. The molecule has 152 valence electrons. The maximum absolute atomic E-state index is 13.0. The molecule has 0 atom stereocenters. The molecule has 0 aliphatic heterocycles. The van der Waals surface area contributed by atoms with Crippen molar-refractivity contribution in [3.8, 4) is 11.5 Å². The van der Waals surface area contributed by atoms with Gasteiger partial charge < -0.3 is 10.2 Å². The number of hydrogen-bond donors (Lipinski definition) is 3. The summed E-state index contributed by atoms with van der Waals surface area (Å²) in [5.74, 6) is -0.582. The van der Waals surface area contributed by atoms with E-state index in [0.717, 1.165) is 0 Å². The van der Waals surface area contributed by atoms with Gasteiger partial charge in [-0.25, -0.2) is 0 Å². The van der Waals surface area contributed by atoms with Crippen LogP contribution in [0.1, 0.15) is 16.7 Å². The van der Waals surface area contributed by atoms with Crippen molar-refractivity contribution in [1.82, 2.24) is 0 Å². The second-order valence-electron chi connectivity index (χ2n) is 6.09. The summed E-state index contributed by atoms with van der Waals surface area (Å²) in [4.78, 5) is 0. The monoisotopic (exact) mass is 492 g/mol. The summed E-state index contributed by atoms with van der Waals surface area (Å²) < 4.78 is 34.1. The van der Waals surface area contributed by atoms with Crippen LogP contribution in [0.4, 0.5) is 0 Å². The first-order chi connectivity index (χ1) is 13.5. The number of rotatable bonds is 4. The topological polar surface area (TPSA) is 94.8 Å². The summed E-state index contributed by atoms with van der Waals surface area (Å²) in [5.41, 5.74) is -0.139. The Morgan fingerprint density at radius 2 is 1.21 bits per heavy atom. The zero-order valence-corrected chi connectivity index (χ0v) is 18.1. The minimum Gasteiger partial charge on any atom is -0.506 e. The molecule has 0 aromatic heterocycles. The van der Waals surface area contributed by atoms with Crippen LogP contribution in [0.5, 0.6) is 11.5 Å². The van der Waals surface area contributed by atoms with Crippen LogP contribution in [-0.4, -0.2) is 23.2 Å². The van der Waals surface area contributed by atoms with E-state index in [2.05, 4.69) is 0 Å². The van der Waals surface area contributed by atoms with Crippen molar-refractivity contribution in [1.29, 1.82) is 0 Å². The molecule has 0 bridgehead atoms. The van der Waals surface area contributed by atoms with Crippen molar-refractivity contribution < 1.29 is 23.2 Å². The molecule has 10 heteroatoms. The van der Waals surface area contributed by atoms with Gasteiger partial charge in [0.1, 0.15) is 11.5 Å². The van der Waals surface area contributed by atoms with Gasteiger partial charge in [-0.3, -0.25) is 4.55 Å². The number of benzene rings is 3. The standard InChI is InChI=1S/C19H12Cl4O5S/c20-13-3-1-2-12(18(13)23)19(29(26,27)28,10-4-6-16(24)14(21)8-10)11-5-7-17(25)15(22)9-11/h1-9,24-25H,(H,26,27,28). The zero-order valence-electron chi connectivity index (χ0n) is 14.3. The van der Waals surface area contributed by atoms with Crippen molar-refractivity contribution in [3.63, 3.8) is 0 Å². The molecule has 0 radical (unpaired) electrons. The van der Waals surface area contributed by atoms with Crippen molar-refractivity contribution in [2.45, 2.75) is 4.75 Å². The Kier molecular flexibility index (Phi) is 5.98. The highest BCUT2D eigenvalue weighted by Crippen LogP contribution is 2.49. The third-order valence-electron chi connectivity index (χ3n) is 4.43. The van der Waals surface area contributed by atoms with Crippen LogP contribution in [-0.2, 0) is 14.9 Å². The molecule has 29 heavy (non-hydrogen) atoms. The lowest BCUT2D eigenvalue weighted by Gasteiger charge is -2.33. The molecule has 0 heterocycles. The largest absolute Gasteiger partial charge is 0.506 e. The van der Waals surface area contributed by atoms with E-state index >= 15 is 0 Å². The van der Waals surface area contributed by atoms with Gasteiger partial charge in [0, 0.05) is 5.56 Å². The number of halogens is 4. The molecule has 0 spiro atoms. The fraction of sp³-hybridized carbons (Fsp3) is 0.0526. The van der Waals surface area contributed by atoms with E-state index in [9.17, 15) is 23.2 Å². The summed E-state index contributed by atoms with van der Waals surface area (Å²) in [6.07, 6.45) is 0. The first-order valence-electron chi connectivity index (χ1n) is 7.89. The quantitative estimate of drug-likeness (QED) is 0.311. The van der Waals surface area contributed by atoms with E-state index in [0.29, 0.717) is 0 Å². The maximum atomic E-state index is 13.0. The van der Waals surface area contributed by atoms with Gasteiger partial charge in [0.05, 0.1) is 20.1 Å². The highest BCUT2D eigenvalue weighted by atomic mass is 35.5. The molecular formula is C19H12Cl4O5S. The van der Waals surface area contributed by atoms with Crippen molar-refractivity contribution in [2.24, 2.45) is 0 Å². The smallest absolute Gasteiger partial charge is 0.283 e. The Balaban J connectivity index is 2.58. The molecule has 3 N–H and O–H groups in total. The van der Waals surface area contributed by atoms with Crippen LogP contribution in [0.3, 0.4) is 0 Å². The molecule has 0 aliphatic carbocycles. The minimum absolute atomic E-state index is 0.0336. The predicted molar refractivity (Wildman–Crippen MR) is 114 cm³/mol. The Morgan fingerprint density at radius 1 is 0.724 bits per heavy atom. The Bertz CT molecular complexity index is 1160. The molecule has 0 amide bonds. The van der Waals surface area contributed by atoms with E-state index < -0.39 is 14.9 Å². The molecule has 0 saturated heterocycles. The predicted octanol–water partition coefficient (Wildman–Crippen LogP) is 5.89. The third-order valence-corrected chi connectivity index (χ3v) is 7.32. The fourth-order valence-corrected chi connectivity index (χ4v) is 5.30. The van der Waals surface area contributed by atoms with Gasteiger partial charge in [-0.1, -0.05) is 70.7 Å². The molecule has 3 aromatic carbocycles. The van der Waals surface area contributed by atoms with E-state index in [1.54, 1.807) is 0 Å². The average molecular weight is 494 g/mol. The molecule has 3 rings (SSSR count). The molecule has 0 fully saturated rings. The average Bonchev–Trinajstić information content (AvgIpc) is 2.63. The lowest BCUT2D eigenvalue weighted by atomic mass is 9.83.